The Morgan fingerprint density at radius 3 is 3.00 bits per heavy atom. The second kappa shape index (κ2) is 6.91. The molecule has 6 heteroatoms. The smallest absolute Gasteiger partial charge is 0.257 e. The van der Waals surface area contributed by atoms with E-state index in [1.54, 1.807) is 23.1 Å². The summed E-state index contributed by atoms with van der Waals surface area (Å²) < 4.78 is 19.4. The maximum Gasteiger partial charge on any atom is 0.257 e. The minimum Gasteiger partial charge on any atom is -0.381 e. The quantitative estimate of drug-likeness (QED) is 0.922. The zero-order valence-electron chi connectivity index (χ0n) is 13.1. The van der Waals surface area contributed by atoms with Gasteiger partial charge in [0.15, 0.2) is 0 Å². The first kappa shape index (κ1) is 15.7. The normalized spacial score (nSPS) is 17.4. The van der Waals surface area contributed by atoms with Gasteiger partial charge in [0.1, 0.15) is 5.82 Å². The summed E-state index contributed by atoms with van der Waals surface area (Å²) in [6.45, 7) is 4.63. The van der Waals surface area contributed by atoms with Crippen LogP contribution in [-0.2, 0) is 4.74 Å². The Hall–Kier alpha value is -2.21. The largest absolute Gasteiger partial charge is 0.381 e. The van der Waals surface area contributed by atoms with Crippen LogP contribution in [0.15, 0.2) is 30.5 Å². The molecule has 0 spiro atoms. The van der Waals surface area contributed by atoms with E-state index in [1.165, 1.54) is 12.3 Å². The molecule has 1 aliphatic heterocycles. The van der Waals surface area contributed by atoms with Gasteiger partial charge in [-0.15, -0.1) is 0 Å². The molecule has 23 heavy (non-hydrogen) atoms. The molecule has 0 radical (unpaired) electrons. The van der Waals surface area contributed by atoms with Gasteiger partial charge in [-0.1, -0.05) is 12.1 Å². The van der Waals surface area contributed by atoms with Gasteiger partial charge in [0.05, 0.1) is 24.1 Å². The number of ether oxygens (including phenoxy) is 1. The number of aromatic amines is 1. The van der Waals surface area contributed by atoms with Crippen LogP contribution in [0.25, 0.3) is 11.3 Å². The number of hydrogen-bond donors (Lipinski definition) is 1. The number of carbonyl (C=O) groups excluding carboxylic acids is 1. The monoisotopic (exact) mass is 317 g/mol. The van der Waals surface area contributed by atoms with Crippen molar-refractivity contribution in [1.29, 1.82) is 0 Å². The molecule has 2 heterocycles. The highest BCUT2D eigenvalue weighted by Crippen LogP contribution is 2.25. The van der Waals surface area contributed by atoms with Gasteiger partial charge in [-0.3, -0.25) is 9.89 Å². The number of nitrogens with one attached hydrogen (secondary N) is 1. The van der Waals surface area contributed by atoms with Crippen LogP contribution in [0, 0.1) is 11.7 Å². The second-order valence-electron chi connectivity index (χ2n) is 5.71. The third-order valence-corrected chi connectivity index (χ3v) is 4.18. The van der Waals surface area contributed by atoms with Crippen molar-refractivity contribution in [3.05, 3.63) is 41.8 Å². The lowest BCUT2D eigenvalue weighted by atomic mass is 10.1. The molecule has 0 bridgehead atoms. The summed E-state index contributed by atoms with van der Waals surface area (Å²) in [5.41, 5.74) is 1.18. The van der Waals surface area contributed by atoms with Gasteiger partial charge in [0, 0.05) is 31.2 Å². The van der Waals surface area contributed by atoms with Crippen LogP contribution >= 0.6 is 0 Å². The summed E-state index contributed by atoms with van der Waals surface area (Å²) >= 11 is 0. The minimum atomic E-state index is -0.377. The summed E-state index contributed by atoms with van der Waals surface area (Å²) in [5, 5.41) is 6.70. The predicted molar refractivity (Wildman–Crippen MR) is 84.5 cm³/mol. The first-order valence-electron chi connectivity index (χ1n) is 7.86. The molecule has 1 N–H and O–H groups in total. The van der Waals surface area contributed by atoms with Crippen molar-refractivity contribution in [2.45, 2.75) is 13.3 Å². The topological polar surface area (TPSA) is 58.2 Å². The molecule has 0 aliphatic carbocycles. The molecule has 1 fully saturated rings. The first-order chi connectivity index (χ1) is 11.2. The second-order valence-corrected chi connectivity index (χ2v) is 5.71. The van der Waals surface area contributed by atoms with Crippen LogP contribution in [0.5, 0.6) is 0 Å². The SMILES string of the molecule is CCN(CC1CCOC1)C(=O)c1cn[nH]c1-c1ccccc1F. The fraction of sp³-hybridized carbons (Fsp3) is 0.412. The third-order valence-electron chi connectivity index (χ3n) is 4.18. The van der Waals surface area contributed by atoms with E-state index in [0.717, 1.165) is 13.0 Å². The number of H-pyrrole nitrogens is 1. The summed E-state index contributed by atoms with van der Waals surface area (Å²) in [4.78, 5) is 14.6. The molecule has 5 nitrogen and oxygen atoms in total. The third kappa shape index (κ3) is 3.27. The van der Waals surface area contributed by atoms with Gasteiger partial charge in [0.2, 0.25) is 0 Å². The van der Waals surface area contributed by atoms with Crippen LogP contribution in [0.3, 0.4) is 0 Å². The molecule has 1 atom stereocenters. The standard InChI is InChI=1S/C17H20FN3O2/c1-2-21(10-12-7-8-23-11-12)17(22)14-9-19-20-16(14)13-5-3-4-6-15(13)18/h3-6,9,12H,2,7-8,10-11H2,1H3,(H,19,20). The average molecular weight is 317 g/mol. The Kier molecular flexibility index (Phi) is 4.71. The van der Waals surface area contributed by atoms with Gasteiger partial charge in [0.25, 0.3) is 5.91 Å². The number of halogens is 1. The highest BCUT2D eigenvalue weighted by atomic mass is 19.1. The lowest BCUT2D eigenvalue weighted by molar-refractivity contribution is 0.0731. The number of amides is 1. The Balaban J connectivity index is 1.85. The van der Waals surface area contributed by atoms with Crippen molar-refractivity contribution in [2.24, 2.45) is 5.92 Å². The first-order valence-corrected chi connectivity index (χ1v) is 7.86. The number of aromatic nitrogens is 2. The maximum atomic E-state index is 14.0. The van der Waals surface area contributed by atoms with Crippen molar-refractivity contribution >= 4 is 5.91 Å². The maximum absolute atomic E-state index is 14.0. The fourth-order valence-corrected chi connectivity index (χ4v) is 2.88. The molecular formula is C17H20FN3O2. The minimum absolute atomic E-state index is 0.133. The van der Waals surface area contributed by atoms with E-state index in [1.807, 2.05) is 6.92 Å². The van der Waals surface area contributed by atoms with Gasteiger partial charge in [-0.25, -0.2) is 4.39 Å². The van der Waals surface area contributed by atoms with Crippen molar-refractivity contribution in [2.75, 3.05) is 26.3 Å². The van der Waals surface area contributed by atoms with E-state index in [0.29, 0.717) is 42.4 Å². The Labute approximate surface area is 134 Å². The number of carbonyl (C=O) groups is 1. The lowest BCUT2D eigenvalue weighted by Gasteiger charge is -2.23. The summed E-state index contributed by atoms with van der Waals surface area (Å²) in [5.74, 6) is -0.146. The van der Waals surface area contributed by atoms with Crippen LogP contribution in [0.4, 0.5) is 4.39 Å². The van der Waals surface area contributed by atoms with Crippen molar-refractivity contribution in [3.8, 4) is 11.3 Å². The van der Waals surface area contributed by atoms with Crippen LogP contribution < -0.4 is 0 Å². The molecule has 3 rings (SSSR count). The molecular weight excluding hydrogens is 297 g/mol. The van der Waals surface area contributed by atoms with Gasteiger partial charge in [-0.2, -0.15) is 5.10 Å². The molecule has 2 aromatic rings. The molecule has 1 aliphatic rings. The molecule has 1 aromatic carbocycles. The average Bonchev–Trinajstić information content (AvgIpc) is 3.24. The summed E-state index contributed by atoms with van der Waals surface area (Å²) in [6, 6.07) is 6.37. The Bertz CT molecular complexity index is 680. The van der Waals surface area contributed by atoms with Crippen molar-refractivity contribution in [1.82, 2.24) is 15.1 Å². The van der Waals surface area contributed by atoms with Gasteiger partial charge < -0.3 is 9.64 Å². The molecule has 1 saturated heterocycles. The van der Waals surface area contributed by atoms with Crippen molar-refractivity contribution < 1.29 is 13.9 Å². The predicted octanol–water partition coefficient (Wildman–Crippen LogP) is 2.71. The van der Waals surface area contributed by atoms with E-state index in [-0.39, 0.29) is 11.7 Å². The van der Waals surface area contributed by atoms with E-state index in [4.69, 9.17) is 4.74 Å². The zero-order valence-corrected chi connectivity index (χ0v) is 13.1. The van der Waals surface area contributed by atoms with Crippen LogP contribution in [-0.4, -0.2) is 47.3 Å². The number of benzene rings is 1. The van der Waals surface area contributed by atoms with E-state index in [2.05, 4.69) is 10.2 Å². The van der Waals surface area contributed by atoms with E-state index in [9.17, 15) is 9.18 Å². The van der Waals surface area contributed by atoms with Gasteiger partial charge in [-0.05, 0) is 25.5 Å². The van der Waals surface area contributed by atoms with E-state index < -0.39 is 0 Å². The van der Waals surface area contributed by atoms with Gasteiger partial charge >= 0.3 is 0 Å². The lowest BCUT2D eigenvalue weighted by Crippen LogP contribution is -2.35. The van der Waals surface area contributed by atoms with Crippen LogP contribution in [0.1, 0.15) is 23.7 Å². The number of rotatable bonds is 5. The highest BCUT2D eigenvalue weighted by Gasteiger charge is 2.25. The summed E-state index contributed by atoms with van der Waals surface area (Å²) in [7, 11) is 0. The summed E-state index contributed by atoms with van der Waals surface area (Å²) in [6.07, 6.45) is 2.44. The Morgan fingerprint density at radius 1 is 1.48 bits per heavy atom. The fourth-order valence-electron chi connectivity index (χ4n) is 2.88. The van der Waals surface area contributed by atoms with Crippen molar-refractivity contribution in [3.63, 3.8) is 0 Å². The van der Waals surface area contributed by atoms with E-state index >= 15 is 0 Å². The highest BCUT2D eigenvalue weighted by molar-refractivity contribution is 5.99. The molecule has 1 aromatic heterocycles. The molecule has 0 saturated carbocycles. The molecule has 1 amide bonds. The number of hydrogen-bond acceptors (Lipinski definition) is 3. The number of nitrogens with zero attached hydrogens (tertiary/aromatic N) is 2. The Morgan fingerprint density at radius 2 is 2.30 bits per heavy atom. The molecule has 1 unspecified atom stereocenters. The van der Waals surface area contributed by atoms with Crippen LogP contribution in [0.2, 0.25) is 0 Å². The molecule has 122 valence electrons. The zero-order chi connectivity index (χ0) is 16.2.